The summed E-state index contributed by atoms with van der Waals surface area (Å²) in [5, 5.41) is 9.74. The smallest absolute Gasteiger partial charge is 0.303 e. The summed E-state index contributed by atoms with van der Waals surface area (Å²) >= 11 is 0. The highest BCUT2D eigenvalue weighted by Crippen LogP contribution is 2.54. The van der Waals surface area contributed by atoms with Gasteiger partial charge in [-0.05, 0) is 97.5 Å². The van der Waals surface area contributed by atoms with Gasteiger partial charge in [-0.1, -0.05) is 68.9 Å². The number of anilines is 2. The molecule has 21 heteroatoms. The van der Waals surface area contributed by atoms with Gasteiger partial charge in [0.15, 0.2) is 0 Å². The van der Waals surface area contributed by atoms with Gasteiger partial charge in [-0.3, -0.25) is 23.0 Å². The molecule has 6 rings (SSSR count). The first kappa shape index (κ1) is 50.4. The zero-order chi connectivity index (χ0) is 48.8. The Labute approximate surface area is 384 Å². The van der Waals surface area contributed by atoms with Gasteiger partial charge in [-0.2, -0.15) is 33.7 Å². The number of allylic oxidation sites excluding steroid dienone is 7. The average Bonchev–Trinajstić information content (AvgIpc) is 3.59. The van der Waals surface area contributed by atoms with Crippen molar-refractivity contribution in [2.24, 2.45) is 0 Å². The van der Waals surface area contributed by atoms with Crippen molar-refractivity contribution in [2.75, 3.05) is 36.6 Å². The number of hydrogen-bond acceptors (Lipinski definition) is 12. The Bertz CT molecular complexity index is 3200. The summed E-state index contributed by atoms with van der Waals surface area (Å²) in [6, 6.07) is 9.87. The number of carboxylic acids is 1. The van der Waals surface area contributed by atoms with Crippen LogP contribution in [0.15, 0.2) is 116 Å². The second-order valence-electron chi connectivity index (χ2n) is 16.9. The summed E-state index contributed by atoms with van der Waals surface area (Å²) in [6.07, 6.45) is 14.7. The number of benzene rings is 4. The number of fused-ring (bicyclic) bond motifs is 6. The average molecular weight is 989 g/mol. The molecule has 66 heavy (non-hydrogen) atoms. The van der Waals surface area contributed by atoms with E-state index in [4.69, 9.17) is 4.74 Å². The Morgan fingerprint density at radius 3 is 1.73 bits per heavy atom. The summed E-state index contributed by atoms with van der Waals surface area (Å²) in [4.78, 5) is 12.6. The van der Waals surface area contributed by atoms with Gasteiger partial charge in [0.05, 0.1) is 15.8 Å². The van der Waals surface area contributed by atoms with Gasteiger partial charge in [-0.25, -0.2) is 0 Å². The maximum absolute atomic E-state index is 12.6. The third kappa shape index (κ3) is 9.85. The van der Waals surface area contributed by atoms with E-state index in [1.807, 2.05) is 50.8 Å². The van der Waals surface area contributed by atoms with E-state index in [1.54, 1.807) is 36.4 Å². The number of unbranched alkanes of at least 4 members (excludes halogenated alkanes) is 2. The quantitative estimate of drug-likeness (QED) is 0.0367. The van der Waals surface area contributed by atoms with Gasteiger partial charge in [0.2, 0.25) is 0 Å². The standard InChI is InChI=1S/C45H52N2O15S4/c1-6-46-35-20-18-31-33(25-29(63(50,51)52)27-37(31)65(56,57)58)42(35)44(2,3)39(46)15-11-8-7-9-12-16-40-45(4,22-24-62-5)43-34-26-30(64(53,54)55)28-38(66(59,60)61)32(34)19-21-36(43)47(40)23-14-10-13-17-41(48)49/h7-9,11-12,15-16,18-21,25-28,39H,6,10,13-14,17,22-24H2,1-5H3,(H,48,49)(H,50,51,52)(H,53,54,55)(H,56,57,58)(H,59,60,61). The molecule has 0 aromatic heterocycles. The molecule has 0 fully saturated rings. The number of ether oxygens (including phenoxy) is 1. The van der Waals surface area contributed by atoms with Crippen molar-refractivity contribution in [3.8, 4) is 0 Å². The molecule has 5 N–H and O–H groups in total. The van der Waals surface area contributed by atoms with E-state index in [0.29, 0.717) is 67.3 Å². The molecule has 4 aromatic rings. The summed E-state index contributed by atoms with van der Waals surface area (Å²) in [5.74, 6) is -0.917. The van der Waals surface area contributed by atoms with Crippen molar-refractivity contribution in [1.82, 2.24) is 0 Å². The van der Waals surface area contributed by atoms with Crippen molar-refractivity contribution >= 4 is 79.4 Å². The van der Waals surface area contributed by atoms with Crippen LogP contribution < -0.4 is 9.80 Å². The monoisotopic (exact) mass is 988 g/mol. The van der Waals surface area contributed by atoms with E-state index in [9.17, 15) is 61.8 Å². The van der Waals surface area contributed by atoms with E-state index < -0.39 is 76.9 Å². The normalized spacial score (nSPS) is 19.7. The number of nitrogens with zero attached hydrogens (tertiary/aromatic N) is 2. The third-order valence-electron chi connectivity index (χ3n) is 12.4. The van der Waals surface area contributed by atoms with Gasteiger partial charge in [0.25, 0.3) is 40.5 Å². The van der Waals surface area contributed by atoms with Gasteiger partial charge in [0.1, 0.15) is 9.79 Å². The lowest BCUT2D eigenvalue weighted by Gasteiger charge is -2.31. The van der Waals surface area contributed by atoms with E-state index in [1.165, 1.54) is 31.4 Å². The second-order valence-corrected chi connectivity index (χ2v) is 22.6. The molecular weight excluding hydrogens is 937 g/mol. The molecule has 0 bridgehead atoms. The SMILES string of the molecule is CCN1c2ccc3c(S(=O)(=O)O)cc(S(=O)(=O)O)cc3c2C(C)(C)C1C=CC=CC=CC=C1N(CCCCCC(=O)O)c2ccc3c(S(=O)(=O)O)cc(S(=O)(=O)O)cc3c2C1(C)CCOC. The Kier molecular flexibility index (Phi) is 14.2. The van der Waals surface area contributed by atoms with E-state index >= 15 is 0 Å². The lowest BCUT2D eigenvalue weighted by Crippen LogP contribution is -2.39. The summed E-state index contributed by atoms with van der Waals surface area (Å²) < 4.78 is 145. The lowest BCUT2D eigenvalue weighted by atomic mass is 9.76. The molecule has 17 nitrogen and oxygen atoms in total. The van der Waals surface area contributed by atoms with Gasteiger partial charge >= 0.3 is 5.97 Å². The number of rotatable bonds is 18. The predicted molar refractivity (Wildman–Crippen MR) is 250 cm³/mol. The van der Waals surface area contributed by atoms with Crippen LogP contribution in [0.3, 0.4) is 0 Å². The van der Waals surface area contributed by atoms with Crippen LogP contribution in [0.5, 0.6) is 0 Å². The molecule has 2 aliphatic rings. The molecular formula is C45H52N2O15S4. The molecule has 2 heterocycles. The number of hydrogen-bond donors (Lipinski definition) is 5. The fourth-order valence-corrected chi connectivity index (χ4v) is 12.1. The molecule has 0 radical (unpaired) electrons. The molecule has 356 valence electrons. The van der Waals surface area contributed by atoms with Crippen molar-refractivity contribution in [3.05, 3.63) is 108 Å². The molecule has 0 saturated heterocycles. The number of carbonyl (C=O) groups is 1. The van der Waals surface area contributed by atoms with E-state index in [0.717, 1.165) is 11.8 Å². The van der Waals surface area contributed by atoms with Gasteiger partial charge < -0.3 is 19.6 Å². The summed E-state index contributed by atoms with van der Waals surface area (Å²) in [5.41, 5.74) is 1.51. The van der Waals surface area contributed by atoms with Crippen LogP contribution in [0.2, 0.25) is 0 Å². The zero-order valence-corrected chi connectivity index (χ0v) is 40.0. The molecule has 0 spiro atoms. The minimum atomic E-state index is -4.98. The maximum Gasteiger partial charge on any atom is 0.303 e. The van der Waals surface area contributed by atoms with Crippen LogP contribution in [-0.4, -0.2) is 95.8 Å². The van der Waals surface area contributed by atoms with E-state index in [2.05, 4.69) is 4.90 Å². The Balaban J connectivity index is 1.39. The Morgan fingerprint density at radius 1 is 0.682 bits per heavy atom. The van der Waals surface area contributed by atoms with Crippen LogP contribution in [0.4, 0.5) is 11.4 Å². The summed E-state index contributed by atoms with van der Waals surface area (Å²) in [6.45, 7) is 8.83. The molecule has 0 amide bonds. The molecule has 2 aliphatic heterocycles. The first-order valence-corrected chi connectivity index (χ1v) is 26.5. The van der Waals surface area contributed by atoms with Crippen LogP contribution in [0.1, 0.15) is 70.9 Å². The first-order valence-electron chi connectivity index (χ1n) is 20.8. The Morgan fingerprint density at radius 2 is 1.21 bits per heavy atom. The van der Waals surface area contributed by atoms with Crippen LogP contribution in [0, 0.1) is 0 Å². The first-order chi connectivity index (χ1) is 30.7. The Hall–Kier alpha value is -4.97. The highest BCUT2D eigenvalue weighted by atomic mass is 32.2. The van der Waals surface area contributed by atoms with Gasteiger partial charge in [-0.15, -0.1) is 0 Å². The van der Waals surface area contributed by atoms with Crippen molar-refractivity contribution in [3.63, 3.8) is 0 Å². The second kappa shape index (κ2) is 18.6. The minimum Gasteiger partial charge on any atom is -0.481 e. The predicted octanol–water partition coefficient (Wildman–Crippen LogP) is 7.48. The number of carboxylic acid groups (broad SMARTS) is 1. The fourth-order valence-electron chi connectivity index (χ4n) is 9.43. The molecule has 0 aliphatic carbocycles. The molecule has 2 atom stereocenters. The largest absolute Gasteiger partial charge is 0.481 e. The van der Waals surface area contributed by atoms with Gasteiger partial charge in [0, 0.05) is 71.9 Å². The number of methoxy groups -OCH3 is 1. The number of likely N-dealkylation sites (N-methyl/N-ethyl adjacent to an activating group) is 1. The fraction of sp³-hybridized carbons (Fsp3) is 0.356. The molecule has 0 saturated carbocycles. The molecule has 2 unspecified atom stereocenters. The highest BCUT2D eigenvalue weighted by Gasteiger charge is 2.46. The lowest BCUT2D eigenvalue weighted by molar-refractivity contribution is -0.137. The van der Waals surface area contributed by atoms with Crippen molar-refractivity contribution in [2.45, 2.75) is 96.3 Å². The zero-order valence-electron chi connectivity index (χ0n) is 36.7. The van der Waals surface area contributed by atoms with Crippen LogP contribution >= 0.6 is 0 Å². The number of aliphatic carboxylic acids is 1. The molecule has 4 aromatic carbocycles. The van der Waals surface area contributed by atoms with Crippen LogP contribution in [0.25, 0.3) is 21.5 Å². The van der Waals surface area contributed by atoms with Crippen molar-refractivity contribution in [1.29, 1.82) is 0 Å². The summed E-state index contributed by atoms with van der Waals surface area (Å²) in [7, 11) is -18.2. The highest BCUT2D eigenvalue weighted by molar-refractivity contribution is 7.87. The third-order valence-corrected chi connectivity index (χ3v) is 15.8. The maximum atomic E-state index is 12.6. The van der Waals surface area contributed by atoms with E-state index in [-0.39, 0.29) is 40.6 Å². The van der Waals surface area contributed by atoms with Crippen molar-refractivity contribution < 1.29 is 66.5 Å². The minimum absolute atomic E-state index is 0.00976. The topological polar surface area (TPSA) is 270 Å². The van der Waals surface area contributed by atoms with Crippen LogP contribution in [-0.2, 0) is 60.8 Å².